The Balaban J connectivity index is 2.76. The Bertz CT molecular complexity index is 341. The number of nitrogens with zero attached hydrogens (tertiary/aromatic N) is 2. The van der Waals surface area contributed by atoms with Crippen molar-refractivity contribution in [1.82, 2.24) is 15.1 Å². The third-order valence-corrected chi connectivity index (χ3v) is 3.04. The Morgan fingerprint density at radius 1 is 1.47 bits per heavy atom. The van der Waals surface area contributed by atoms with Crippen LogP contribution in [0.15, 0.2) is 12.3 Å². The molecule has 0 aromatic carbocycles. The van der Waals surface area contributed by atoms with E-state index in [1.807, 2.05) is 25.0 Å². The van der Waals surface area contributed by atoms with Crippen LogP contribution >= 0.6 is 0 Å². The Hall–Kier alpha value is -0.870. The molecular formula is C13H25N3O. The Labute approximate surface area is 104 Å². The molecule has 17 heavy (non-hydrogen) atoms. The summed E-state index contributed by atoms with van der Waals surface area (Å²) in [6.45, 7) is 6.60. The molecule has 0 aliphatic rings. The number of ether oxygens (including phenoxy) is 1. The molecule has 1 aromatic heterocycles. The highest BCUT2D eigenvalue weighted by atomic mass is 16.5. The molecule has 2 unspecified atom stereocenters. The number of nitrogens with one attached hydrogen (secondary N) is 1. The van der Waals surface area contributed by atoms with Crippen molar-refractivity contribution < 1.29 is 4.74 Å². The molecule has 98 valence electrons. The highest BCUT2D eigenvalue weighted by molar-refractivity contribution is 5.03. The van der Waals surface area contributed by atoms with Crippen LogP contribution in [0.25, 0.3) is 0 Å². The summed E-state index contributed by atoms with van der Waals surface area (Å²) in [5, 5.41) is 7.76. The molecular weight excluding hydrogens is 214 g/mol. The first-order valence-corrected chi connectivity index (χ1v) is 6.07. The topological polar surface area (TPSA) is 39.1 Å². The molecule has 0 fully saturated rings. The molecule has 0 aliphatic heterocycles. The van der Waals surface area contributed by atoms with Gasteiger partial charge >= 0.3 is 0 Å². The standard InChI is InChI=1S/C13H25N3O/c1-13(2,3)12(17-6)11(14-4)9-10-7-8-16(5)15-10/h7-8,11-12,14H,9H2,1-6H3. The van der Waals surface area contributed by atoms with Crippen molar-refractivity contribution in [3.8, 4) is 0 Å². The first-order valence-electron chi connectivity index (χ1n) is 6.07. The Morgan fingerprint density at radius 2 is 2.12 bits per heavy atom. The molecule has 1 rings (SSSR count). The Morgan fingerprint density at radius 3 is 2.47 bits per heavy atom. The van der Waals surface area contributed by atoms with Crippen LogP contribution in [0.5, 0.6) is 0 Å². The lowest BCUT2D eigenvalue weighted by molar-refractivity contribution is -0.00944. The van der Waals surface area contributed by atoms with Gasteiger partial charge < -0.3 is 10.1 Å². The van der Waals surface area contributed by atoms with E-state index in [4.69, 9.17) is 4.74 Å². The minimum atomic E-state index is 0.108. The van der Waals surface area contributed by atoms with Crippen LogP contribution in [-0.2, 0) is 18.2 Å². The van der Waals surface area contributed by atoms with Gasteiger partial charge in [0.15, 0.2) is 0 Å². The van der Waals surface area contributed by atoms with E-state index in [0.717, 1.165) is 12.1 Å². The summed E-state index contributed by atoms with van der Waals surface area (Å²) >= 11 is 0. The molecule has 4 nitrogen and oxygen atoms in total. The fraction of sp³-hybridized carbons (Fsp3) is 0.769. The lowest BCUT2D eigenvalue weighted by Crippen LogP contribution is -2.47. The molecule has 0 amide bonds. The number of hydrogen-bond acceptors (Lipinski definition) is 3. The van der Waals surface area contributed by atoms with Crippen molar-refractivity contribution in [2.24, 2.45) is 12.5 Å². The molecule has 0 bridgehead atoms. The molecule has 1 aromatic rings. The van der Waals surface area contributed by atoms with Gasteiger partial charge in [0.25, 0.3) is 0 Å². The van der Waals surface area contributed by atoms with Crippen LogP contribution in [0.3, 0.4) is 0 Å². The normalized spacial score (nSPS) is 15.9. The summed E-state index contributed by atoms with van der Waals surface area (Å²) < 4.78 is 7.48. The minimum Gasteiger partial charge on any atom is -0.379 e. The maximum atomic E-state index is 5.65. The van der Waals surface area contributed by atoms with E-state index >= 15 is 0 Å². The van der Waals surface area contributed by atoms with E-state index in [-0.39, 0.29) is 17.6 Å². The van der Waals surface area contributed by atoms with E-state index in [1.54, 1.807) is 7.11 Å². The molecule has 0 saturated heterocycles. The number of aromatic nitrogens is 2. The molecule has 0 spiro atoms. The van der Waals surface area contributed by atoms with Gasteiger partial charge in [0.05, 0.1) is 11.8 Å². The van der Waals surface area contributed by atoms with Crippen LogP contribution < -0.4 is 5.32 Å². The SMILES string of the molecule is CNC(Cc1ccn(C)n1)C(OC)C(C)(C)C. The fourth-order valence-corrected chi connectivity index (χ4v) is 2.28. The zero-order valence-electron chi connectivity index (χ0n) is 11.8. The minimum absolute atomic E-state index is 0.108. The van der Waals surface area contributed by atoms with Gasteiger partial charge in [-0.15, -0.1) is 0 Å². The molecule has 1 heterocycles. The van der Waals surface area contributed by atoms with Crippen LogP contribution in [0.4, 0.5) is 0 Å². The quantitative estimate of drug-likeness (QED) is 0.848. The van der Waals surface area contributed by atoms with Crippen molar-refractivity contribution in [2.45, 2.75) is 39.3 Å². The maximum absolute atomic E-state index is 5.65. The fourth-order valence-electron chi connectivity index (χ4n) is 2.28. The summed E-state index contributed by atoms with van der Waals surface area (Å²) in [5.74, 6) is 0. The molecule has 0 aliphatic carbocycles. The summed E-state index contributed by atoms with van der Waals surface area (Å²) in [7, 11) is 5.69. The predicted molar refractivity (Wildman–Crippen MR) is 70.0 cm³/mol. The average Bonchev–Trinajstić information content (AvgIpc) is 2.61. The first kappa shape index (κ1) is 14.2. The molecule has 0 saturated carbocycles. The maximum Gasteiger partial charge on any atom is 0.0776 e. The van der Waals surface area contributed by atoms with Gasteiger partial charge in [0.1, 0.15) is 0 Å². The second-order valence-electron chi connectivity index (χ2n) is 5.60. The zero-order valence-corrected chi connectivity index (χ0v) is 11.8. The van der Waals surface area contributed by atoms with Gasteiger partial charge in [-0.1, -0.05) is 20.8 Å². The second-order valence-corrected chi connectivity index (χ2v) is 5.60. The van der Waals surface area contributed by atoms with Gasteiger partial charge in [-0.05, 0) is 18.5 Å². The van der Waals surface area contributed by atoms with E-state index in [9.17, 15) is 0 Å². The van der Waals surface area contributed by atoms with Crippen LogP contribution in [0.1, 0.15) is 26.5 Å². The summed E-state index contributed by atoms with van der Waals surface area (Å²) in [6.07, 6.45) is 3.02. The molecule has 0 radical (unpaired) electrons. The predicted octanol–water partition coefficient (Wildman–Crippen LogP) is 1.61. The number of rotatable bonds is 5. The highest BCUT2D eigenvalue weighted by Crippen LogP contribution is 2.25. The zero-order chi connectivity index (χ0) is 13.1. The lowest BCUT2D eigenvalue weighted by Gasteiger charge is -2.35. The number of aryl methyl sites for hydroxylation is 1. The monoisotopic (exact) mass is 239 g/mol. The number of likely N-dealkylation sites (N-methyl/N-ethyl adjacent to an activating group) is 1. The van der Waals surface area contributed by atoms with Crippen LogP contribution in [0, 0.1) is 5.41 Å². The van der Waals surface area contributed by atoms with E-state index in [2.05, 4.69) is 37.3 Å². The largest absolute Gasteiger partial charge is 0.379 e. The number of methoxy groups -OCH3 is 1. The van der Waals surface area contributed by atoms with Gasteiger partial charge in [-0.2, -0.15) is 5.10 Å². The van der Waals surface area contributed by atoms with Gasteiger partial charge in [0.2, 0.25) is 0 Å². The lowest BCUT2D eigenvalue weighted by atomic mass is 9.83. The smallest absolute Gasteiger partial charge is 0.0776 e. The third-order valence-electron chi connectivity index (χ3n) is 3.04. The van der Waals surface area contributed by atoms with Crippen molar-refractivity contribution >= 4 is 0 Å². The van der Waals surface area contributed by atoms with Gasteiger partial charge in [0, 0.05) is 32.8 Å². The van der Waals surface area contributed by atoms with E-state index < -0.39 is 0 Å². The van der Waals surface area contributed by atoms with Crippen LogP contribution in [0.2, 0.25) is 0 Å². The van der Waals surface area contributed by atoms with Gasteiger partial charge in [-0.25, -0.2) is 0 Å². The van der Waals surface area contributed by atoms with Crippen molar-refractivity contribution in [3.63, 3.8) is 0 Å². The van der Waals surface area contributed by atoms with Crippen molar-refractivity contribution in [1.29, 1.82) is 0 Å². The summed E-state index contributed by atoms with van der Waals surface area (Å²) in [4.78, 5) is 0. The summed E-state index contributed by atoms with van der Waals surface area (Å²) in [6, 6.07) is 2.33. The highest BCUT2D eigenvalue weighted by Gasteiger charge is 2.31. The second kappa shape index (κ2) is 5.65. The third kappa shape index (κ3) is 3.82. The molecule has 1 N–H and O–H groups in total. The summed E-state index contributed by atoms with van der Waals surface area (Å²) in [5.41, 5.74) is 1.20. The van der Waals surface area contributed by atoms with Crippen LogP contribution in [-0.4, -0.2) is 36.1 Å². The Kier molecular flexibility index (Phi) is 4.71. The number of hydrogen-bond donors (Lipinski definition) is 1. The van der Waals surface area contributed by atoms with Crippen molar-refractivity contribution in [3.05, 3.63) is 18.0 Å². The average molecular weight is 239 g/mol. The molecule has 2 atom stereocenters. The first-order chi connectivity index (χ1) is 7.88. The molecule has 4 heteroatoms. The van der Waals surface area contributed by atoms with E-state index in [1.165, 1.54) is 0 Å². The van der Waals surface area contributed by atoms with Crippen molar-refractivity contribution in [2.75, 3.05) is 14.2 Å². The van der Waals surface area contributed by atoms with E-state index in [0.29, 0.717) is 0 Å². The van der Waals surface area contributed by atoms with Gasteiger partial charge in [-0.3, -0.25) is 4.68 Å².